The van der Waals surface area contributed by atoms with Crippen molar-refractivity contribution in [3.8, 4) is 11.1 Å². The Morgan fingerprint density at radius 1 is 1.05 bits per heavy atom. The van der Waals surface area contributed by atoms with E-state index in [9.17, 15) is 9.90 Å². The van der Waals surface area contributed by atoms with E-state index < -0.39 is 5.97 Å². The van der Waals surface area contributed by atoms with E-state index in [1.165, 1.54) is 0 Å². The lowest BCUT2D eigenvalue weighted by Crippen LogP contribution is -1.96. The van der Waals surface area contributed by atoms with E-state index >= 15 is 0 Å². The van der Waals surface area contributed by atoms with E-state index in [-0.39, 0.29) is 0 Å². The van der Waals surface area contributed by atoms with E-state index in [1.54, 1.807) is 12.1 Å². The van der Waals surface area contributed by atoms with Crippen molar-refractivity contribution in [2.75, 3.05) is 0 Å². The maximum atomic E-state index is 11.3. The molecule has 0 fully saturated rings. The maximum absolute atomic E-state index is 11.3. The second-order valence-electron chi connectivity index (χ2n) is 4.52. The van der Waals surface area contributed by atoms with Crippen molar-refractivity contribution in [1.82, 2.24) is 4.98 Å². The van der Waals surface area contributed by atoms with E-state index in [4.69, 9.17) is 0 Å². The first-order chi connectivity index (χ1) is 9.18. The quantitative estimate of drug-likeness (QED) is 0.727. The summed E-state index contributed by atoms with van der Waals surface area (Å²) in [6.07, 6.45) is 0. The van der Waals surface area contributed by atoms with Gasteiger partial charge in [0.1, 0.15) is 0 Å². The van der Waals surface area contributed by atoms with Gasteiger partial charge in [-0.2, -0.15) is 0 Å². The Morgan fingerprint density at radius 2 is 1.79 bits per heavy atom. The first kappa shape index (κ1) is 11.5. The van der Waals surface area contributed by atoms with Crippen molar-refractivity contribution >= 4 is 16.9 Å². The minimum absolute atomic E-state index is 0.308. The van der Waals surface area contributed by atoms with Crippen LogP contribution in [0, 0.1) is 6.92 Å². The zero-order chi connectivity index (χ0) is 13.4. The molecule has 0 saturated carbocycles. The molecule has 0 atom stereocenters. The zero-order valence-electron chi connectivity index (χ0n) is 10.5. The van der Waals surface area contributed by atoms with Gasteiger partial charge < -0.3 is 10.1 Å². The second kappa shape index (κ2) is 4.28. The van der Waals surface area contributed by atoms with Crippen molar-refractivity contribution in [3.05, 3.63) is 59.8 Å². The van der Waals surface area contributed by atoms with Gasteiger partial charge in [-0.25, -0.2) is 4.79 Å². The molecule has 19 heavy (non-hydrogen) atoms. The van der Waals surface area contributed by atoms with Gasteiger partial charge in [-0.1, -0.05) is 42.5 Å². The molecule has 0 aliphatic carbocycles. The van der Waals surface area contributed by atoms with Crippen LogP contribution in [0.5, 0.6) is 0 Å². The summed E-state index contributed by atoms with van der Waals surface area (Å²) >= 11 is 0. The molecule has 0 radical (unpaired) electrons. The maximum Gasteiger partial charge on any atom is 0.337 e. The average Bonchev–Trinajstić information content (AvgIpc) is 2.75. The monoisotopic (exact) mass is 251 g/mol. The van der Waals surface area contributed by atoms with Crippen molar-refractivity contribution < 1.29 is 9.90 Å². The van der Waals surface area contributed by atoms with Crippen molar-refractivity contribution in [3.63, 3.8) is 0 Å². The number of benzene rings is 2. The Labute approximate surface area is 110 Å². The molecule has 0 bridgehead atoms. The number of rotatable bonds is 2. The first-order valence-electron chi connectivity index (χ1n) is 6.08. The van der Waals surface area contributed by atoms with Gasteiger partial charge in [-0.05, 0) is 18.6 Å². The number of aromatic nitrogens is 1. The standard InChI is InChI=1S/C16H13NO2/c1-10-14(11-6-3-2-4-7-11)12-8-5-9-13(16(18)19)15(12)17-10/h2-9,17H,1H3,(H,18,19). The molecule has 0 saturated heterocycles. The first-order valence-corrected chi connectivity index (χ1v) is 6.08. The van der Waals surface area contributed by atoms with Crippen molar-refractivity contribution in [2.24, 2.45) is 0 Å². The number of para-hydroxylation sites is 1. The minimum atomic E-state index is -0.911. The predicted octanol–water partition coefficient (Wildman–Crippen LogP) is 3.84. The number of fused-ring (bicyclic) bond motifs is 1. The van der Waals surface area contributed by atoms with Crippen LogP contribution in [0.1, 0.15) is 16.1 Å². The molecule has 1 aromatic heterocycles. The molecular weight excluding hydrogens is 238 g/mol. The normalized spacial score (nSPS) is 10.8. The molecular formula is C16H13NO2. The van der Waals surface area contributed by atoms with Crippen LogP contribution in [0.15, 0.2) is 48.5 Å². The predicted molar refractivity (Wildman–Crippen MR) is 75.4 cm³/mol. The van der Waals surface area contributed by atoms with Gasteiger partial charge in [-0.15, -0.1) is 0 Å². The Balaban J connectivity index is 2.36. The molecule has 0 aliphatic heterocycles. The Bertz CT molecular complexity index is 757. The molecule has 2 N–H and O–H groups in total. The number of aromatic carboxylic acids is 1. The number of aromatic amines is 1. The Kier molecular flexibility index (Phi) is 2.60. The van der Waals surface area contributed by atoms with Gasteiger partial charge in [-0.3, -0.25) is 0 Å². The number of aryl methyl sites for hydroxylation is 1. The second-order valence-corrected chi connectivity index (χ2v) is 4.52. The molecule has 0 spiro atoms. The van der Waals surface area contributed by atoms with Gasteiger partial charge in [0, 0.05) is 16.6 Å². The van der Waals surface area contributed by atoms with Crippen LogP contribution in [0.4, 0.5) is 0 Å². The average molecular weight is 251 g/mol. The fourth-order valence-corrected chi connectivity index (χ4v) is 2.50. The number of carbonyl (C=O) groups is 1. The minimum Gasteiger partial charge on any atom is -0.478 e. The van der Waals surface area contributed by atoms with Crippen LogP contribution >= 0.6 is 0 Å². The fourth-order valence-electron chi connectivity index (χ4n) is 2.50. The molecule has 2 aromatic carbocycles. The third-order valence-corrected chi connectivity index (χ3v) is 3.31. The molecule has 0 aliphatic rings. The fraction of sp³-hybridized carbons (Fsp3) is 0.0625. The summed E-state index contributed by atoms with van der Waals surface area (Å²) in [5, 5.41) is 10.2. The van der Waals surface area contributed by atoms with Crippen LogP contribution in [0.2, 0.25) is 0 Å². The van der Waals surface area contributed by atoms with Gasteiger partial charge in [0.2, 0.25) is 0 Å². The highest BCUT2D eigenvalue weighted by molar-refractivity contribution is 6.07. The Hall–Kier alpha value is -2.55. The van der Waals surface area contributed by atoms with E-state index in [1.807, 2.05) is 43.3 Å². The molecule has 0 unspecified atom stereocenters. The van der Waals surface area contributed by atoms with Crippen LogP contribution in [-0.2, 0) is 0 Å². The third kappa shape index (κ3) is 1.80. The summed E-state index contributed by atoms with van der Waals surface area (Å²) in [6, 6.07) is 15.3. The highest BCUT2D eigenvalue weighted by atomic mass is 16.4. The molecule has 94 valence electrons. The smallest absolute Gasteiger partial charge is 0.337 e. The zero-order valence-corrected chi connectivity index (χ0v) is 10.5. The summed E-state index contributed by atoms with van der Waals surface area (Å²) in [7, 11) is 0. The number of H-pyrrole nitrogens is 1. The summed E-state index contributed by atoms with van der Waals surface area (Å²) in [4.78, 5) is 14.4. The van der Waals surface area contributed by atoms with Gasteiger partial charge in [0.05, 0.1) is 11.1 Å². The number of hydrogen-bond donors (Lipinski definition) is 2. The molecule has 3 heteroatoms. The molecule has 1 heterocycles. The van der Waals surface area contributed by atoms with Crippen LogP contribution in [0.25, 0.3) is 22.0 Å². The van der Waals surface area contributed by atoms with E-state index in [0.29, 0.717) is 11.1 Å². The number of nitrogens with one attached hydrogen (secondary N) is 1. The van der Waals surface area contributed by atoms with Crippen LogP contribution in [-0.4, -0.2) is 16.1 Å². The molecule has 3 nitrogen and oxygen atoms in total. The lowest BCUT2D eigenvalue weighted by atomic mass is 10.0. The SMILES string of the molecule is Cc1[nH]c2c(C(=O)O)cccc2c1-c1ccccc1. The lowest BCUT2D eigenvalue weighted by molar-refractivity contribution is 0.0699. The topological polar surface area (TPSA) is 53.1 Å². The Morgan fingerprint density at radius 3 is 2.47 bits per heavy atom. The van der Waals surface area contributed by atoms with Gasteiger partial charge >= 0.3 is 5.97 Å². The number of carboxylic acid groups (broad SMARTS) is 1. The lowest BCUT2D eigenvalue weighted by Gasteiger charge is -2.01. The van der Waals surface area contributed by atoms with Gasteiger partial charge in [0.15, 0.2) is 0 Å². The summed E-state index contributed by atoms with van der Waals surface area (Å²) in [5.41, 5.74) is 4.14. The summed E-state index contributed by atoms with van der Waals surface area (Å²) in [6.45, 7) is 1.97. The number of hydrogen-bond acceptors (Lipinski definition) is 1. The third-order valence-electron chi connectivity index (χ3n) is 3.31. The largest absolute Gasteiger partial charge is 0.478 e. The molecule has 0 amide bonds. The van der Waals surface area contributed by atoms with E-state index in [2.05, 4.69) is 4.98 Å². The number of carboxylic acids is 1. The molecule has 3 rings (SSSR count). The van der Waals surface area contributed by atoms with Gasteiger partial charge in [0.25, 0.3) is 0 Å². The van der Waals surface area contributed by atoms with Crippen LogP contribution < -0.4 is 0 Å². The van der Waals surface area contributed by atoms with E-state index in [0.717, 1.165) is 22.2 Å². The summed E-state index contributed by atoms with van der Waals surface area (Å²) in [5.74, 6) is -0.911. The molecule has 3 aromatic rings. The highest BCUT2D eigenvalue weighted by Gasteiger charge is 2.15. The van der Waals surface area contributed by atoms with Crippen molar-refractivity contribution in [1.29, 1.82) is 0 Å². The van der Waals surface area contributed by atoms with Crippen molar-refractivity contribution in [2.45, 2.75) is 6.92 Å². The summed E-state index contributed by atoms with van der Waals surface area (Å²) < 4.78 is 0. The highest BCUT2D eigenvalue weighted by Crippen LogP contribution is 2.33. The van der Waals surface area contributed by atoms with Crippen LogP contribution in [0.3, 0.4) is 0 Å².